The van der Waals surface area contributed by atoms with Crippen LogP contribution >= 0.6 is 0 Å². The zero-order valence-electron chi connectivity index (χ0n) is 18.9. The van der Waals surface area contributed by atoms with Crippen molar-refractivity contribution in [1.82, 2.24) is 0 Å². The zero-order valence-corrected chi connectivity index (χ0v) is 18.9. The van der Waals surface area contributed by atoms with E-state index in [1.165, 1.54) is 22.3 Å². The second-order valence-corrected chi connectivity index (χ2v) is 6.96. The first-order chi connectivity index (χ1) is 14.6. The smallest absolute Gasteiger partial charge is 0.211 e. The van der Waals surface area contributed by atoms with E-state index in [1.807, 2.05) is 6.92 Å². The number of benzene rings is 2. The number of ether oxygens (including phenoxy) is 1. The molecule has 4 heteroatoms. The van der Waals surface area contributed by atoms with Crippen LogP contribution in [-0.4, -0.2) is 12.8 Å². The Hall–Kier alpha value is -3.06. The standard InChI is InChI=1S/C26H33N3O/c1-6-19-13-11-14-20(7-2)24(19)28-18-23(17-27)26(30-10-5)29-25-21(8-3)15-12-16-22(25)9-4/h11-16,18,29H,6-10H2,1-5H3/b26-23-,28-18?. The van der Waals surface area contributed by atoms with Crippen LogP contribution in [0, 0.1) is 11.3 Å². The highest BCUT2D eigenvalue weighted by Crippen LogP contribution is 2.27. The van der Waals surface area contributed by atoms with Gasteiger partial charge in [0.05, 0.1) is 18.5 Å². The van der Waals surface area contributed by atoms with E-state index in [0.717, 1.165) is 37.1 Å². The van der Waals surface area contributed by atoms with Crippen molar-refractivity contribution in [3.63, 3.8) is 0 Å². The minimum Gasteiger partial charge on any atom is -0.478 e. The lowest BCUT2D eigenvalue weighted by Gasteiger charge is -2.18. The predicted octanol–water partition coefficient (Wildman–Crippen LogP) is 6.52. The highest BCUT2D eigenvalue weighted by atomic mass is 16.5. The molecule has 158 valence electrons. The molecule has 2 aromatic carbocycles. The number of nitriles is 1. The SMILES string of the molecule is CCO/C(Nc1c(CC)cccc1CC)=C(/C#N)C=Nc1c(CC)cccc1CC. The van der Waals surface area contributed by atoms with Crippen molar-refractivity contribution >= 4 is 17.6 Å². The third kappa shape index (κ3) is 5.51. The van der Waals surface area contributed by atoms with E-state index >= 15 is 0 Å². The van der Waals surface area contributed by atoms with Gasteiger partial charge in [0.25, 0.3) is 0 Å². The molecule has 0 heterocycles. The first-order valence-electron chi connectivity index (χ1n) is 10.9. The van der Waals surface area contributed by atoms with Crippen molar-refractivity contribution in [2.75, 3.05) is 11.9 Å². The van der Waals surface area contributed by atoms with Crippen LogP contribution in [-0.2, 0) is 30.4 Å². The van der Waals surface area contributed by atoms with E-state index < -0.39 is 0 Å². The quantitative estimate of drug-likeness (QED) is 0.279. The molecule has 0 unspecified atom stereocenters. The Morgan fingerprint density at radius 3 is 1.83 bits per heavy atom. The minimum atomic E-state index is 0.387. The Kier molecular flexibility index (Phi) is 9.15. The Balaban J connectivity index is 2.52. The molecule has 0 amide bonds. The van der Waals surface area contributed by atoms with Crippen LogP contribution < -0.4 is 5.32 Å². The number of allylic oxidation sites excluding steroid dienone is 1. The van der Waals surface area contributed by atoms with E-state index in [0.29, 0.717) is 18.1 Å². The van der Waals surface area contributed by atoms with Crippen LogP contribution in [0.4, 0.5) is 11.4 Å². The maximum Gasteiger partial charge on any atom is 0.211 e. The minimum absolute atomic E-state index is 0.387. The van der Waals surface area contributed by atoms with Crippen LogP contribution in [0.25, 0.3) is 0 Å². The summed E-state index contributed by atoms with van der Waals surface area (Å²) in [5.41, 5.74) is 7.12. The molecule has 0 aliphatic rings. The molecule has 2 aromatic rings. The summed E-state index contributed by atoms with van der Waals surface area (Å²) in [5.74, 6) is 0.450. The lowest BCUT2D eigenvalue weighted by atomic mass is 10.0. The fourth-order valence-corrected chi connectivity index (χ4v) is 3.49. The molecule has 0 spiro atoms. The predicted molar refractivity (Wildman–Crippen MR) is 126 cm³/mol. The third-order valence-electron chi connectivity index (χ3n) is 5.18. The lowest BCUT2D eigenvalue weighted by Crippen LogP contribution is -2.11. The molecule has 0 atom stereocenters. The van der Waals surface area contributed by atoms with Gasteiger partial charge in [0.15, 0.2) is 0 Å². The first kappa shape index (κ1) is 23.2. The summed E-state index contributed by atoms with van der Waals surface area (Å²) in [7, 11) is 0. The molecular formula is C26H33N3O. The number of hydrogen-bond donors (Lipinski definition) is 1. The second kappa shape index (κ2) is 11.8. The topological polar surface area (TPSA) is 57.4 Å². The Morgan fingerprint density at radius 2 is 1.40 bits per heavy atom. The number of rotatable bonds is 10. The fraction of sp³-hybridized carbons (Fsp3) is 0.385. The number of nitrogens with one attached hydrogen (secondary N) is 1. The van der Waals surface area contributed by atoms with Crippen LogP contribution in [0.5, 0.6) is 0 Å². The number of para-hydroxylation sites is 2. The summed E-state index contributed by atoms with van der Waals surface area (Å²) >= 11 is 0. The molecule has 0 saturated heterocycles. The number of aliphatic imine (C=N–C) groups is 1. The fourth-order valence-electron chi connectivity index (χ4n) is 3.49. The molecular weight excluding hydrogens is 370 g/mol. The van der Waals surface area contributed by atoms with E-state index in [4.69, 9.17) is 9.73 Å². The van der Waals surface area contributed by atoms with Gasteiger partial charge < -0.3 is 10.1 Å². The van der Waals surface area contributed by atoms with Crippen molar-refractivity contribution in [2.45, 2.75) is 60.3 Å². The van der Waals surface area contributed by atoms with Crippen molar-refractivity contribution in [2.24, 2.45) is 4.99 Å². The molecule has 0 fully saturated rings. The van der Waals surface area contributed by atoms with Gasteiger partial charge in [-0.1, -0.05) is 64.1 Å². The molecule has 4 nitrogen and oxygen atoms in total. The van der Waals surface area contributed by atoms with Crippen LogP contribution in [0.15, 0.2) is 52.8 Å². The lowest BCUT2D eigenvalue weighted by molar-refractivity contribution is 0.234. The third-order valence-corrected chi connectivity index (χ3v) is 5.18. The molecule has 0 aliphatic heterocycles. The van der Waals surface area contributed by atoms with E-state index in [-0.39, 0.29) is 0 Å². The average molecular weight is 404 g/mol. The normalized spacial score (nSPS) is 11.9. The highest BCUT2D eigenvalue weighted by molar-refractivity contribution is 5.88. The maximum atomic E-state index is 9.87. The Bertz CT molecular complexity index is 907. The number of hydrogen-bond acceptors (Lipinski definition) is 4. The van der Waals surface area contributed by atoms with Crippen molar-refractivity contribution < 1.29 is 4.74 Å². The molecule has 0 aliphatic carbocycles. The summed E-state index contributed by atoms with van der Waals surface area (Å²) in [5, 5.41) is 13.3. The number of anilines is 1. The number of aryl methyl sites for hydroxylation is 4. The Labute approximate surface area is 181 Å². The molecule has 1 N–H and O–H groups in total. The summed E-state index contributed by atoms with van der Waals surface area (Å²) in [6.45, 7) is 10.9. The summed E-state index contributed by atoms with van der Waals surface area (Å²) in [4.78, 5) is 4.72. The van der Waals surface area contributed by atoms with Gasteiger partial charge in [0.1, 0.15) is 11.6 Å². The summed E-state index contributed by atoms with van der Waals surface area (Å²) in [6.07, 6.45) is 5.22. The van der Waals surface area contributed by atoms with Crippen LogP contribution in [0.3, 0.4) is 0 Å². The van der Waals surface area contributed by atoms with E-state index in [2.05, 4.69) is 75.5 Å². The molecule has 30 heavy (non-hydrogen) atoms. The largest absolute Gasteiger partial charge is 0.478 e. The monoisotopic (exact) mass is 403 g/mol. The number of nitrogens with zero attached hydrogens (tertiary/aromatic N) is 2. The summed E-state index contributed by atoms with van der Waals surface area (Å²) < 4.78 is 5.85. The van der Waals surface area contributed by atoms with Gasteiger partial charge in [0.2, 0.25) is 5.88 Å². The van der Waals surface area contributed by atoms with Crippen molar-refractivity contribution in [3.8, 4) is 6.07 Å². The molecule has 0 saturated carbocycles. The van der Waals surface area contributed by atoms with Crippen LogP contribution in [0.1, 0.15) is 56.9 Å². The summed E-state index contributed by atoms with van der Waals surface area (Å²) in [6, 6.07) is 14.8. The van der Waals surface area contributed by atoms with Crippen molar-refractivity contribution in [3.05, 3.63) is 70.1 Å². The highest BCUT2D eigenvalue weighted by Gasteiger charge is 2.13. The average Bonchev–Trinajstić information content (AvgIpc) is 2.79. The van der Waals surface area contributed by atoms with Gasteiger partial charge in [0, 0.05) is 5.69 Å². The first-order valence-corrected chi connectivity index (χ1v) is 10.9. The van der Waals surface area contributed by atoms with Gasteiger partial charge in [-0.25, -0.2) is 0 Å². The second-order valence-electron chi connectivity index (χ2n) is 6.96. The van der Waals surface area contributed by atoms with Gasteiger partial charge in [-0.05, 0) is 54.9 Å². The van der Waals surface area contributed by atoms with E-state index in [1.54, 1.807) is 6.21 Å². The molecule has 0 aromatic heterocycles. The molecule has 0 bridgehead atoms. The van der Waals surface area contributed by atoms with Gasteiger partial charge >= 0.3 is 0 Å². The Morgan fingerprint density at radius 1 is 0.900 bits per heavy atom. The molecule has 0 radical (unpaired) electrons. The van der Waals surface area contributed by atoms with Crippen molar-refractivity contribution in [1.29, 1.82) is 5.26 Å². The maximum absolute atomic E-state index is 9.87. The van der Waals surface area contributed by atoms with Gasteiger partial charge in [-0.3, -0.25) is 4.99 Å². The van der Waals surface area contributed by atoms with Gasteiger partial charge in [-0.15, -0.1) is 0 Å². The van der Waals surface area contributed by atoms with Crippen LogP contribution in [0.2, 0.25) is 0 Å². The van der Waals surface area contributed by atoms with E-state index in [9.17, 15) is 5.26 Å². The molecule has 2 rings (SSSR count). The zero-order chi connectivity index (χ0) is 21.9. The van der Waals surface area contributed by atoms with Gasteiger partial charge in [-0.2, -0.15) is 5.26 Å².